The molecule has 38 heavy (non-hydrogen) atoms. The van der Waals surface area contributed by atoms with E-state index in [2.05, 4.69) is 60.8 Å². The Kier molecular flexibility index (Phi) is 8.21. The van der Waals surface area contributed by atoms with E-state index in [4.69, 9.17) is 31.0 Å². The van der Waals surface area contributed by atoms with Gasteiger partial charge in [0.15, 0.2) is 0 Å². The summed E-state index contributed by atoms with van der Waals surface area (Å²) in [4.78, 5) is 8.90. The highest BCUT2D eigenvalue weighted by Gasteiger charge is 2.40. The van der Waals surface area contributed by atoms with Crippen LogP contribution in [0.2, 0.25) is 5.02 Å². The number of carbonyl (C=O) groups is 1. The number of aliphatic carboxylic acids is 1. The zero-order valence-corrected chi connectivity index (χ0v) is 21.5. The number of anilines is 1. The third-order valence-electron chi connectivity index (χ3n) is 6.72. The minimum Gasteiger partial charge on any atom is -0.495 e. The number of carboxylic acids is 1. The first kappa shape index (κ1) is 27.4. The average Bonchev–Trinajstić information content (AvgIpc) is 3.38. The monoisotopic (exact) mass is 545 g/mol. The maximum absolute atomic E-state index is 10.6. The largest absolute Gasteiger partial charge is 0.495 e. The van der Waals surface area contributed by atoms with Gasteiger partial charge in [0.05, 0.1) is 18.8 Å². The summed E-state index contributed by atoms with van der Waals surface area (Å²) in [7, 11) is 1.74. The van der Waals surface area contributed by atoms with E-state index in [9.17, 15) is 13.2 Å². The van der Waals surface area contributed by atoms with E-state index >= 15 is 0 Å². The fourth-order valence-electron chi connectivity index (χ4n) is 4.89. The second kappa shape index (κ2) is 11.4. The molecule has 0 radical (unpaired) electrons. The predicted octanol–water partition coefficient (Wildman–Crippen LogP) is 7.70. The number of hydrogen-bond acceptors (Lipinski definition) is 4. The van der Waals surface area contributed by atoms with Crippen LogP contribution in [0.4, 0.5) is 18.9 Å². The Hall–Kier alpha value is -3.65. The molecular weight excluding hydrogens is 519 g/mol. The molecule has 5 nitrogen and oxygen atoms in total. The number of hydrogen-bond donors (Lipinski definition) is 2. The molecule has 3 aromatic carbocycles. The Bertz CT molecular complexity index is 1310. The van der Waals surface area contributed by atoms with Crippen LogP contribution in [0.5, 0.6) is 11.5 Å². The van der Waals surface area contributed by atoms with E-state index in [0.29, 0.717) is 18.4 Å². The first-order valence-corrected chi connectivity index (χ1v) is 12.3. The number of rotatable bonds is 5. The van der Waals surface area contributed by atoms with Crippen LogP contribution < -0.4 is 14.8 Å². The van der Waals surface area contributed by atoms with Crippen LogP contribution in [0.15, 0.2) is 72.8 Å². The van der Waals surface area contributed by atoms with Crippen molar-refractivity contribution < 1.29 is 32.5 Å². The normalized spacial score (nSPS) is 19.4. The SMILES string of the molecule is COc1ccc(C)c2c1N[C@H](c1ccc(OCc3ccc(Cl)cc3)cc1)[C@H]1CC=C[C@@H]21.O=C(O)C(F)(F)F. The summed E-state index contributed by atoms with van der Waals surface area (Å²) >= 11 is 5.96. The molecule has 1 heterocycles. The summed E-state index contributed by atoms with van der Waals surface area (Å²) < 4.78 is 43.4. The quantitative estimate of drug-likeness (QED) is 0.322. The van der Waals surface area contributed by atoms with Crippen LogP contribution in [-0.4, -0.2) is 24.4 Å². The van der Waals surface area contributed by atoms with Gasteiger partial charge in [-0.25, -0.2) is 4.79 Å². The Labute approximate surface area is 223 Å². The number of alkyl halides is 3. The Morgan fingerprint density at radius 1 is 1.08 bits per heavy atom. The second-order valence-electron chi connectivity index (χ2n) is 9.14. The number of aryl methyl sites for hydroxylation is 1. The van der Waals surface area contributed by atoms with Gasteiger partial charge >= 0.3 is 12.1 Å². The minimum atomic E-state index is -5.08. The molecule has 0 fully saturated rings. The van der Waals surface area contributed by atoms with E-state index in [1.165, 1.54) is 16.7 Å². The lowest BCUT2D eigenvalue weighted by atomic mass is 9.75. The molecule has 0 saturated carbocycles. The lowest BCUT2D eigenvalue weighted by molar-refractivity contribution is -0.192. The van der Waals surface area contributed by atoms with E-state index in [0.717, 1.165) is 34.2 Å². The summed E-state index contributed by atoms with van der Waals surface area (Å²) in [6.45, 7) is 2.72. The van der Waals surface area contributed by atoms with Crippen LogP contribution in [0.1, 0.15) is 40.6 Å². The fraction of sp³-hybridized carbons (Fsp3) is 0.276. The lowest BCUT2D eigenvalue weighted by Crippen LogP contribution is -2.30. The second-order valence-corrected chi connectivity index (χ2v) is 9.57. The van der Waals surface area contributed by atoms with Crippen molar-refractivity contribution in [1.82, 2.24) is 0 Å². The van der Waals surface area contributed by atoms with Gasteiger partial charge in [-0.3, -0.25) is 0 Å². The number of halogens is 4. The Morgan fingerprint density at radius 2 is 1.74 bits per heavy atom. The lowest BCUT2D eigenvalue weighted by Gasteiger charge is -2.39. The zero-order valence-electron chi connectivity index (χ0n) is 20.8. The standard InChI is InChI=1S/C27H26ClNO2.C2HF3O2/c1-17-6-15-24(30-2)27-25(17)22-4-3-5-23(22)26(29-27)19-9-13-21(14-10-19)31-16-18-7-11-20(28)12-8-18;3-2(4,5)1(6)7/h3-4,6-15,22-23,26,29H,5,16H2,1-2H3;(H,6,7)/t22-,23+,26-;/m1./s1. The van der Waals surface area contributed by atoms with Gasteiger partial charge in [0.1, 0.15) is 18.1 Å². The molecule has 9 heteroatoms. The third kappa shape index (κ3) is 6.07. The van der Waals surface area contributed by atoms with Gasteiger partial charge in [-0.2, -0.15) is 13.2 Å². The fourth-order valence-corrected chi connectivity index (χ4v) is 5.02. The van der Waals surface area contributed by atoms with Crippen molar-refractivity contribution in [3.05, 3.63) is 100 Å². The van der Waals surface area contributed by atoms with Crippen LogP contribution in [-0.2, 0) is 11.4 Å². The minimum absolute atomic E-state index is 0.230. The number of ether oxygens (including phenoxy) is 2. The third-order valence-corrected chi connectivity index (χ3v) is 6.97. The van der Waals surface area contributed by atoms with E-state index in [-0.39, 0.29) is 6.04 Å². The molecule has 3 aromatic rings. The summed E-state index contributed by atoms with van der Waals surface area (Å²) in [5.41, 5.74) is 6.18. The molecule has 5 rings (SSSR count). The highest BCUT2D eigenvalue weighted by Crippen LogP contribution is 2.53. The Balaban J connectivity index is 0.000000426. The van der Waals surface area contributed by atoms with Crippen molar-refractivity contribution in [2.75, 3.05) is 12.4 Å². The molecule has 1 aliphatic heterocycles. The smallest absolute Gasteiger partial charge is 0.490 e. The molecule has 2 N–H and O–H groups in total. The molecule has 0 unspecified atom stereocenters. The van der Waals surface area contributed by atoms with Crippen LogP contribution >= 0.6 is 11.6 Å². The van der Waals surface area contributed by atoms with Crippen LogP contribution in [0, 0.1) is 12.8 Å². The molecule has 0 bridgehead atoms. The molecule has 2 aliphatic rings. The average molecular weight is 546 g/mol. The van der Waals surface area contributed by atoms with E-state index in [1.54, 1.807) is 7.11 Å². The van der Waals surface area contributed by atoms with Crippen molar-refractivity contribution in [3.63, 3.8) is 0 Å². The highest BCUT2D eigenvalue weighted by molar-refractivity contribution is 6.30. The van der Waals surface area contributed by atoms with E-state index in [1.807, 2.05) is 24.3 Å². The molecular formula is C29H27ClF3NO4. The number of benzene rings is 3. The molecule has 3 atom stereocenters. The van der Waals surface area contributed by atoms with Gasteiger partial charge in [-0.1, -0.05) is 54.1 Å². The Morgan fingerprint density at radius 3 is 2.34 bits per heavy atom. The molecule has 0 saturated heterocycles. The van der Waals surface area contributed by atoms with Crippen LogP contribution in [0.25, 0.3) is 0 Å². The molecule has 0 spiro atoms. The number of allylic oxidation sites excluding steroid dienone is 2. The van der Waals surface area contributed by atoms with Crippen molar-refractivity contribution >= 4 is 23.3 Å². The van der Waals surface area contributed by atoms with Gasteiger partial charge in [-0.15, -0.1) is 0 Å². The zero-order chi connectivity index (χ0) is 27.4. The van der Waals surface area contributed by atoms with Gasteiger partial charge in [0, 0.05) is 10.9 Å². The number of nitrogens with one attached hydrogen (secondary N) is 1. The molecule has 200 valence electrons. The predicted molar refractivity (Wildman–Crippen MR) is 140 cm³/mol. The number of methoxy groups -OCH3 is 1. The van der Waals surface area contributed by atoms with Gasteiger partial charge in [0.25, 0.3) is 0 Å². The summed E-state index contributed by atoms with van der Waals surface area (Å²) in [5.74, 6) is -0.0690. The van der Waals surface area contributed by atoms with Crippen LogP contribution in [0.3, 0.4) is 0 Å². The summed E-state index contributed by atoms with van der Waals surface area (Å²) in [6, 6.07) is 20.7. The molecule has 0 amide bonds. The summed E-state index contributed by atoms with van der Waals surface area (Å²) in [5, 5.41) is 11.7. The number of fused-ring (bicyclic) bond motifs is 3. The van der Waals surface area contributed by atoms with E-state index < -0.39 is 12.1 Å². The first-order chi connectivity index (χ1) is 18.1. The maximum Gasteiger partial charge on any atom is 0.490 e. The van der Waals surface area contributed by atoms with Gasteiger partial charge in [0.2, 0.25) is 0 Å². The summed E-state index contributed by atoms with van der Waals surface area (Å²) in [6.07, 6.45) is 0.683. The maximum atomic E-state index is 10.6. The van der Waals surface area contributed by atoms with Crippen molar-refractivity contribution in [2.24, 2.45) is 5.92 Å². The van der Waals surface area contributed by atoms with Gasteiger partial charge in [-0.05, 0) is 71.8 Å². The molecule has 0 aromatic heterocycles. The van der Waals surface area contributed by atoms with Gasteiger partial charge < -0.3 is 19.9 Å². The first-order valence-electron chi connectivity index (χ1n) is 12.0. The van der Waals surface area contributed by atoms with Crippen molar-refractivity contribution in [3.8, 4) is 11.5 Å². The van der Waals surface area contributed by atoms with Crippen molar-refractivity contribution in [2.45, 2.75) is 38.1 Å². The highest BCUT2D eigenvalue weighted by atomic mass is 35.5. The molecule has 1 aliphatic carbocycles. The topological polar surface area (TPSA) is 67.8 Å². The number of carboxylic acid groups (broad SMARTS) is 1. The van der Waals surface area contributed by atoms with Crippen molar-refractivity contribution in [1.29, 1.82) is 0 Å².